The molecule has 0 heterocycles. The standard InChI is InChI=1S/C10H21NO2/c1-5-11(6-2)9(10(12)13)7-8(3)4/h8-9H,5-7H2,1-4H3,(H,12,13)/t9-/m0/s1/i7D,9D/t7?,9-. The van der Waals surface area contributed by atoms with Crippen molar-refractivity contribution >= 4 is 5.97 Å². The van der Waals surface area contributed by atoms with Crippen molar-refractivity contribution in [1.29, 1.82) is 0 Å². The first-order chi connectivity index (χ1) is 6.82. The Hall–Kier alpha value is -0.570. The Morgan fingerprint density at radius 1 is 1.54 bits per heavy atom. The number of carbonyl (C=O) groups is 1. The van der Waals surface area contributed by atoms with Crippen LogP contribution in [0.4, 0.5) is 0 Å². The largest absolute Gasteiger partial charge is 0.480 e. The summed E-state index contributed by atoms with van der Waals surface area (Å²) < 4.78 is 15.8. The van der Waals surface area contributed by atoms with E-state index in [4.69, 9.17) is 7.85 Å². The number of rotatable bonds is 6. The third-order valence-electron chi connectivity index (χ3n) is 1.81. The Morgan fingerprint density at radius 3 is 2.23 bits per heavy atom. The molecule has 0 aliphatic rings. The molecule has 1 unspecified atom stereocenters. The lowest BCUT2D eigenvalue weighted by Gasteiger charge is -2.27. The SMILES string of the molecule is [2H]C(C(C)C)[C@@]([2H])(C(=O)O)N(CC)CC. The minimum atomic E-state index is -1.84. The molecule has 0 rings (SSSR count). The van der Waals surface area contributed by atoms with Crippen LogP contribution in [0, 0.1) is 5.92 Å². The van der Waals surface area contributed by atoms with Gasteiger partial charge in [0.05, 0.1) is 1.37 Å². The summed E-state index contributed by atoms with van der Waals surface area (Å²) in [7, 11) is 0. The van der Waals surface area contributed by atoms with Gasteiger partial charge in [0, 0.05) is 1.37 Å². The van der Waals surface area contributed by atoms with Crippen molar-refractivity contribution < 1.29 is 12.6 Å². The second-order valence-electron chi connectivity index (χ2n) is 3.27. The van der Waals surface area contributed by atoms with E-state index in [1.807, 2.05) is 13.8 Å². The van der Waals surface area contributed by atoms with Crippen molar-refractivity contribution in [1.82, 2.24) is 4.90 Å². The van der Waals surface area contributed by atoms with Crippen LogP contribution in [-0.4, -0.2) is 35.1 Å². The summed E-state index contributed by atoms with van der Waals surface area (Å²) in [5, 5.41) is 9.14. The van der Waals surface area contributed by atoms with Crippen LogP contribution in [0.3, 0.4) is 0 Å². The fraction of sp³-hybridized carbons (Fsp3) is 0.900. The number of carboxylic acid groups (broad SMARTS) is 1. The lowest BCUT2D eigenvalue weighted by molar-refractivity contribution is -0.143. The van der Waals surface area contributed by atoms with Gasteiger partial charge >= 0.3 is 5.97 Å². The van der Waals surface area contributed by atoms with Crippen LogP contribution in [0.25, 0.3) is 0 Å². The molecule has 2 atom stereocenters. The molecule has 0 fully saturated rings. The van der Waals surface area contributed by atoms with E-state index in [1.54, 1.807) is 13.8 Å². The fourth-order valence-electron chi connectivity index (χ4n) is 1.19. The van der Waals surface area contributed by atoms with E-state index in [0.29, 0.717) is 13.1 Å². The van der Waals surface area contributed by atoms with Gasteiger partial charge in [-0.05, 0) is 25.4 Å². The number of hydrogen-bond donors (Lipinski definition) is 1. The molecule has 0 aliphatic heterocycles. The second-order valence-corrected chi connectivity index (χ2v) is 3.27. The van der Waals surface area contributed by atoms with E-state index < -0.39 is 18.4 Å². The predicted molar refractivity (Wildman–Crippen MR) is 53.8 cm³/mol. The van der Waals surface area contributed by atoms with Crippen LogP contribution in [0.2, 0.25) is 0 Å². The van der Waals surface area contributed by atoms with Gasteiger partial charge < -0.3 is 5.11 Å². The molecule has 0 aromatic carbocycles. The summed E-state index contributed by atoms with van der Waals surface area (Å²) >= 11 is 0. The highest BCUT2D eigenvalue weighted by molar-refractivity contribution is 5.73. The highest BCUT2D eigenvalue weighted by Gasteiger charge is 2.23. The van der Waals surface area contributed by atoms with Crippen LogP contribution in [0.5, 0.6) is 0 Å². The smallest absolute Gasteiger partial charge is 0.320 e. The van der Waals surface area contributed by atoms with E-state index in [-0.39, 0.29) is 5.92 Å². The van der Waals surface area contributed by atoms with E-state index in [9.17, 15) is 4.79 Å². The van der Waals surface area contributed by atoms with Crippen molar-refractivity contribution in [2.24, 2.45) is 5.92 Å². The summed E-state index contributed by atoms with van der Waals surface area (Å²) in [6.45, 7) is 8.09. The molecule has 0 aliphatic carbocycles. The maximum absolute atomic E-state index is 11.2. The first kappa shape index (κ1) is 9.00. The Bertz CT molecular complexity index is 215. The van der Waals surface area contributed by atoms with Gasteiger partial charge in [0.15, 0.2) is 0 Å². The van der Waals surface area contributed by atoms with Gasteiger partial charge in [0.25, 0.3) is 0 Å². The van der Waals surface area contributed by atoms with Crippen molar-refractivity contribution in [3.05, 3.63) is 0 Å². The van der Waals surface area contributed by atoms with Gasteiger partial charge in [0.1, 0.15) is 6.02 Å². The second kappa shape index (κ2) is 5.97. The Balaban J connectivity index is 5.12. The Labute approximate surface area is 83.5 Å². The summed E-state index contributed by atoms with van der Waals surface area (Å²) in [4.78, 5) is 12.7. The first-order valence-electron chi connectivity index (χ1n) is 5.80. The maximum Gasteiger partial charge on any atom is 0.320 e. The minimum absolute atomic E-state index is 0.154. The number of likely N-dealkylation sites (N-methyl/N-ethyl adjacent to an activating group) is 1. The number of aliphatic carboxylic acids is 1. The van der Waals surface area contributed by atoms with Gasteiger partial charge in [-0.15, -0.1) is 0 Å². The van der Waals surface area contributed by atoms with E-state index >= 15 is 0 Å². The maximum atomic E-state index is 11.2. The molecule has 0 radical (unpaired) electrons. The third kappa shape index (κ3) is 4.27. The van der Waals surface area contributed by atoms with E-state index in [0.717, 1.165) is 0 Å². The molecule has 0 saturated heterocycles. The quantitative estimate of drug-likeness (QED) is 0.693. The van der Waals surface area contributed by atoms with Crippen molar-refractivity contribution in [2.45, 2.75) is 40.1 Å². The molecule has 1 N–H and O–H groups in total. The molecule has 0 spiro atoms. The minimum Gasteiger partial charge on any atom is -0.480 e. The van der Waals surface area contributed by atoms with Gasteiger partial charge in [0.2, 0.25) is 0 Å². The topological polar surface area (TPSA) is 40.5 Å². The molecule has 0 aromatic heterocycles. The van der Waals surface area contributed by atoms with Gasteiger partial charge in [-0.1, -0.05) is 27.7 Å². The predicted octanol–water partition coefficient (Wildman–Crippen LogP) is 1.83. The van der Waals surface area contributed by atoms with Gasteiger partial charge in [-0.25, -0.2) is 0 Å². The van der Waals surface area contributed by atoms with Crippen LogP contribution in [-0.2, 0) is 4.79 Å². The van der Waals surface area contributed by atoms with E-state index in [1.165, 1.54) is 4.90 Å². The highest BCUT2D eigenvalue weighted by atomic mass is 16.4. The zero-order valence-corrected chi connectivity index (χ0v) is 8.87. The summed E-state index contributed by atoms with van der Waals surface area (Å²) in [5.74, 6) is -1.39. The summed E-state index contributed by atoms with van der Waals surface area (Å²) in [6.07, 6.45) is -0.949. The zero-order chi connectivity index (χ0) is 12.2. The monoisotopic (exact) mass is 189 g/mol. The Morgan fingerprint density at radius 2 is 2.00 bits per heavy atom. The summed E-state index contributed by atoms with van der Waals surface area (Å²) in [6, 6.07) is -1.84. The molecular weight excluding hydrogens is 166 g/mol. The molecule has 3 nitrogen and oxygen atoms in total. The molecule has 78 valence electrons. The highest BCUT2D eigenvalue weighted by Crippen LogP contribution is 2.11. The molecule has 0 aromatic rings. The average Bonchev–Trinajstić information content (AvgIpc) is 2.17. The molecule has 0 amide bonds. The number of hydrogen-bond acceptors (Lipinski definition) is 2. The van der Waals surface area contributed by atoms with Crippen LogP contribution >= 0.6 is 0 Å². The first-order valence-corrected chi connectivity index (χ1v) is 4.72. The van der Waals surface area contributed by atoms with Crippen LogP contribution in [0.1, 0.15) is 36.8 Å². The fourth-order valence-corrected chi connectivity index (χ4v) is 1.19. The molecule has 3 heteroatoms. The van der Waals surface area contributed by atoms with Gasteiger partial charge in [-0.2, -0.15) is 0 Å². The van der Waals surface area contributed by atoms with Crippen LogP contribution < -0.4 is 0 Å². The lowest BCUT2D eigenvalue weighted by atomic mass is 10.0. The molecule has 0 bridgehead atoms. The van der Waals surface area contributed by atoms with Gasteiger partial charge in [-0.3, -0.25) is 9.69 Å². The van der Waals surface area contributed by atoms with Crippen LogP contribution in [0.15, 0.2) is 0 Å². The molecule has 0 saturated carbocycles. The van der Waals surface area contributed by atoms with Crippen molar-refractivity contribution in [3.63, 3.8) is 0 Å². The number of carboxylic acids is 1. The average molecular weight is 189 g/mol. The van der Waals surface area contributed by atoms with E-state index in [2.05, 4.69) is 0 Å². The zero-order valence-electron chi connectivity index (χ0n) is 10.9. The molecular formula is C10H21NO2. The molecule has 13 heavy (non-hydrogen) atoms. The number of nitrogens with zero attached hydrogens (tertiary/aromatic N) is 1. The lowest BCUT2D eigenvalue weighted by Crippen LogP contribution is -2.41. The third-order valence-corrected chi connectivity index (χ3v) is 1.81. The normalized spacial score (nSPS) is 20.8. The Kier molecular flexibility index (Phi) is 4.14. The van der Waals surface area contributed by atoms with Crippen molar-refractivity contribution in [3.8, 4) is 0 Å². The van der Waals surface area contributed by atoms with Crippen molar-refractivity contribution in [2.75, 3.05) is 13.1 Å². The summed E-state index contributed by atoms with van der Waals surface area (Å²) in [5.41, 5.74) is 0.